The minimum atomic E-state index is -0.274. The molecule has 0 saturated carbocycles. The summed E-state index contributed by atoms with van der Waals surface area (Å²) in [5, 5.41) is 4.86. The highest BCUT2D eigenvalue weighted by atomic mass is 16.3. The predicted octanol–water partition coefficient (Wildman–Crippen LogP) is 5.13. The Morgan fingerprint density at radius 3 is 2.55 bits per heavy atom. The summed E-state index contributed by atoms with van der Waals surface area (Å²) in [5.74, 6) is 0.144. The molecule has 2 amide bonds. The highest BCUT2D eigenvalue weighted by Crippen LogP contribution is 2.29. The highest BCUT2D eigenvalue weighted by molar-refractivity contribution is 6.07. The minimum absolute atomic E-state index is 0.0931. The zero-order chi connectivity index (χ0) is 22.1. The molecule has 0 atom stereocenters. The van der Waals surface area contributed by atoms with Gasteiger partial charge in [-0.15, -0.1) is 0 Å². The number of amides is 2. The van der Waals surface area contributed by atoms with Crippen molar-refractivity contribution in [2.45, 2.75) is 34.2 Å². The second kappa shape index (κ2) is 8.30. The number of hydrogen-bond acceptors (Lipinski definition) is 3. The van der Waals surface area contributed by atoms with Gasteiger partial charge in [0.2, 0.25) is 5.91 Å². The molecule has 4 rings (SSSR count). The van der Waals surface area contributed by atoms with Crippen LogP contribution in [0.2, 0.25) is 0 Å². The number of para-hydroxylation sites is 1. The lowest BCUT2D eigenvalue weighted by Gasteiger charge is -2.19. The summed E-state index contributed by atoms with van der Waals surface area (Å²) in [4.78, 5) is 27.2. The first-order valence-corrected chi connectivity index (χ1v) is 10.6. The summed E-state index contributed by atoms with van der Waals surface area (Å²) >= 11 is 0. The molecule has 0 aliphatic rings. The first-order valence-electron chi connectivity index (χ1n) is 10.6. The molecule has 0 saturated heterocycles. The number of likely N-dealkylation sites (N-methyl/N-ethyl adjacent to an activating group) is 1. The topological polar surface area (TPSA) is 67.5 Å². The number of carbonyl (C=O) groups is 2. The van der Waals surface area contributed by atoms with Gasteiger partial charge in [-0.1, -0.05) is 18.2 Å². The van der Waals surface area contributed by atoms with Crippen LogP contribution in [-0.2, 0) is 11.3 Å². The molecule has 0 aliphatic carbocycles. The summed E-state index contributed by atoms with van der Waals surface area (Å²) in [7, 11) is 0. The molecule has 0 spiro atoms. The van der Waals surface area contributed by atoms with Gasteiger partial charge in [0.1, 0.15) is 12.1 Å². The molecule has 0 aliphatic heterocycles. The van der Waals surface area contributed by atoms with E-state index in [1.54, 1.807) is 0 Å². The Bertz CT molecular complexity index is 1280. The molecule has 0 bridgehead atoms. The van der Waals surface area contributed by atoms with Crippen LogP contribution in [0.5, 0.6) is 0 Å². The Balaban J connectivity index is 1.56. The summed E-state index contributed by atoms with van der Waals surface area (Å²) in [6.07, 6.45) is 1.91. The maximum Gasteiger partial charge on any atom is 0.291 e. The van der Waals surface area contributed by atoms with E-state index in [1.807, 2.05) is 85.8 Å². The van der Waals surface area contributed by atoms with Crippen molar-refractivity contribution in [3.63, 3.8) is 0 Å². The van der Waals surface area contributed by atoms with Gasteiger partial charge < -0.3 is 19.2 Å². The maximum absolute atomic E-state index is 12.9. The number of anilines is 1. The Labute approximate surface area is 181 Å². The fraction of sp³-hybridized carbons (Fsp3) is 0.280. The van der Waals surface area contributed by atoms with Gasteiger partial charge in [0, 0.05) is 46.8 Å². The van der Waals surface area contributed by atoms with E-state index in [-0.39, 0.29) is 11.8 Å². The lowest BCUT2D eigenvalue weighted by Crippen LogP contribution is -2.33. The lowest BCUT2D eigenvalue weighted by molar-refractivity contribution is -0.131. The molecule has 4 aromatic rings. The van der Waals surface area contributed by atoms with E-state index in [0.717, 1.165) is 33.0 Å². The summed E-state index contributed by atoms with van der Waals surface area (Å²) in [6.45, 7) is 9.53. The van der Waals surface area contributed by atoms with Gasteiger partial charge in [0.05, 0.1) is 0 Å². The number of aryl methyl sites for hydroxylation is 2. The Morgan fingerprint density at radius 1 is 1.06 bits per heavy atom. The van der Waals surface area contributed by atoms with E-state index in [1.165, 1.54) is 0 Å². The van der Waals surface area contributed by atoms with E-state index in [9.17, 15) is 9.59 Å². The van der Waals surface area contributed by atoms with E-state index in [4.69, 9.17) is 4.42 Å². The molecule has 1 N–H and O–H groups in total. The van der Waals surface area contributed by atoms with E-state index < -0.39 is 0 Å². The highest BCUT2D eigenvalue weighted by Gasteiger charge is 2.19. The number of benzene rings is 2. The number of fused-ring (bicyclic) bond motifs is 2. The van der Waals surface area contributed by atoms with E-state index in [0.29, 0.717) is 31.1 Å². The van der Waals surface area contributed by atoms with Gasteiger partial charge in [-0.25, -0.2) is 0 Å². The SMILES string of the molecule is CCN(CC)C(=O)Cn1ccc2cc(NC(=O)c3oc4c(C)cccc4c3C)ccc21. The first kappa shape index (κ1) is 20.7. The predicted molar refractivity (Wildman–Crippen MR) is 124 cm³/mol. The molecule has 0 fully saturated rings. The molecule has 2 heterocycles. The monoisotopic (exact) mass is 417 g/mol. The van der Waals surface area contributed by atoms with Gasteiger partial charge in [-0.3, -0.25) is 9.59 Å². The normalized spacial score (nSPS) is 11.2. The lowest BCUT2D eigenvalue weighted by atomic mass is 10.1. The summed E-state index contributed by atoms with van der Waals surface area (Å²) in [6, 6.07) is 13.5. The molecular formula is C25H27N3O3. The number of nitrogens with zero attached hydrogens (tertiary/aromatic N) is 2. The van der Waals surface area contributed by atoms with Crippen molar-refractivity contribution in [2.24, 2.45) is 0 Å². The molecule has 2 aromatic carbocycles. The zero-order valence-electron chi connectivity index (χ0n) is 18.4. The average molecular weight is 418 g/mol. The average Bonchev–Trinajstić information content (AvgIpc) is 3.31. The molecule has 6 heteroatoms. The van der Waals surface area contributed by atoms with Crippen molar-refractivity contribution in [1.29, 1.82) is 0 Å². The molecular weight excluding hydrogens is 390 g/mol. The van der Waals surface area contributed by atoms with Crippen molar-refractivity contribution in [2.75, 3.05) is 18.4 Å². The van der Waals surface area contributed by atoms with Crippen molar-refractivity contribution in [1.82, 2.24) is 9.47 Å². The second-order valence-electron chi connectivity index (χ2n) is 7.75. The van der Waals surface area contributed by atoms with Crippen LogP contribution in [0.1, 0.15) is 35.5 Å². The quantitative estimate of drug-likeness (QED) is 0.473. The largest absolute Gasteiger partial charge is 0.450 e. The summed E-state index contributed by atoms with van der Waals surface area (Å²) in [5.41, 5.74) is 4.21. The third-order valence-electron chi connectivity index (χ3n) is 5.82. The third-order valence-corrected chi connectivity index (χ3v) is 5.82. The Morgan fingerprint density at radius 2 is 1.84 bits per heavy atom. The van der Waals surface area contributed by atoms with Crippen molar-refractivity contribution >= 4 is 39.4 Å². The van der Waals surface area contributed by atoms with Gasteiger partial charge in [0.25, 0.3) is 5.91 Å². The van der Waals surface area contributed by atoms with Crippen LogP contribution in [0.4, 0.5) is 5.69 Å². The number of furan rings is 1. The molecule has 0 radical (unpaired) electrons. The van der Waals surface area contributed by atoms with Crippen LogP contribution in [0.25, 0.3) is 21.9 Å². The Hall–Kier alpha value is -3.54. The standard InChI is InChI=1S/C25H27N3O3/c1-5-27(6-2)22(29)15-28-13-12-18-14-19(10-11-21(18)28)26-25(30)24-17(4)20-9-7-8-16(3)23(20)31-24/h7-14H,5-6,15H2,1-4H3,(H,26,30). The number of carbonyl (C=O) groups excluding carboxylic acids is 2. The van der Waals surface area contributed by atoms with Crippen LogP contribution >= 0.6 is 0 Å². The molecule has 2 aromatic heterocycles. The van der Waals surface area contributed by atoms with Crippen LogP contribution in [0, 0.1) is 13.8 Å². The fourth-order valence-electron chi connectivity index (χ4n) is 4.03. The molecule has 160 valence electrons. The number of hydrogen-bond donors (Lipinski definition) is 1. The minimum Gasteiger partial charge on any atom is -0.450 e. The second-order valence-corrected chi connectivity index (χ2v) is 7.75. The number of rotatable bonds is 6. The van der Waals surface area contributed by atoms with Gasteiger partial charge in [-0.05, 0) is 57.5 Å². The van der Waals surface area contributed by atoms with Crippen LogP contribution in [0.3, 0.4) is 0 Å². The van der Waals surface area contributed by atoms with Crippen LogP contribution in [-0.4, -0.2) is 34.4 Å². The van der Waals surface area contributed by atoms with Crippen molar-refractivity contribution < 1.29 is 14.0 Å². The molecule has 0 unspecified atom stereocenters. The third kappa shape index (κ3) is 3.81. The Kier molecular flexibility index (Phi) is 5.55. The van der Waals surface area contributed by atoms with Gasteiger partial charge in [0.15, 0.2) is 5.76 Å². The van der Waals surface area contributed by atoms with Crippen LogP contribution < -0.4 is 5.32 Å². The first-order chi connectivity index (χ1) is 14.9. The zero-order valence-corrected chi connectivity index (χ0v) is 18.4. The molecule has 31 heavy (non-hydrogen) atoms. The molecule has 6 nitrogen and oxygen atoms in total. The van der Waals surface area contributed by atoms with Crippen LogP contribution in [0.15, 0.2) is 53.1 Å². The van der Waals surface area contributed by atoms with Crippen molar-refractivity contribution in [3.8, 4) is 0 Å². The van der Waals surface area contributed by atoms with Gasteiger partial charge >= 0.3 is 0 Å². The van der Waals surface area contributed by atoms with E-state index in [2.05, 4.69) is 5.32 Å². The fourth-order valence-corrected chi connectivity index (χ4v) is 4.03. The van der Waals surface area contributed by atoms with Crippen molar-refractivity contribution in [3.05, 3.63) is 65.5 Å². The maximum atomic E-state index is 12.9. The number of nitrogens with one attached hydrogen (secondary N) is 1. The summed E-state index contributed by atoms with van der Waals surface area (Å²) < 4.78 is 7.82. The number of aromatic nitrogens is 1. The smallest absolute Gasteiger partial charge is 0.291 e. The van der Waals surface area contributed by atoms with E-state index >= 15 is 0 Å². The van der Waals surface area contributed by atoms with Gasteiger partial charge in [-0.2, -0.15) is 0 Å².